The van der Waals surface area contributed by atoms with Crippen molar-refractivity contribution in [3.8, 4) is 0 Å². The number of benzene rings is 1. The van der Waals surface area contributed by atoms with Crippen molar-refractivity contribution < 1.29 is 23.7 Å². The number of hydrazone groups is 1. The zero-order chi connectivity index (χ0) is 22.5. The molecule has 1 unspecified atom stereocenters. The number of non-ortho nitro benzene ring substituents is 1. The van der Waals surface area contributed by atoms with Crippen molar-refractivity contribution >= 4 is 23.2 Å². The first-order chi connectivity index (χ1) is 14.8. The molecule has 2 N–H and O–H groups in total. The van der Waals surface area contributed by atoms with E-state index in [9.17, 15) is 19.7 Å². The van der Waals surface area contributed by atoms with Crippen LogP contribution in [0.5, 0.6) is 0 Å². The van der Waals surface area contributed by atoms with Crippen molar-refractivity contribution in [2.75, 3.05) is 13.7 Å². The molecule has 1 aromatic carbocycles. The van der Waals surface area contributed by atoms with E-state index < -0.39 is 10.8 Å². The number of nitrogens with one attached hydrogen (secondary N) is 2. The van der Waals surface area contributed by atoms with Gasteiger partial charge in [-0.15, -0.1) is 0 Å². The predicted molar refractivity (Wildman–Crippen MR) is 112 cm³/mol. The van der Waals surface area contributed by atoms with Crippen LogP contribution in [0.4, 0.5) is 5.69 Å². The fourth-order valence-corrected chi connectivity index (χ4v) is 3.52. The van der Waals surface area contributed by atoms with E-state index in [0.717, 1.165) is 12.0 Å². The average molecular weight is 428 g/mol. The highest BCUT2D eigenvalue weighted by molar-refractivity contribution is 6.07. The second-order valence-corrected chi connectivity index (χ2v) is 7.34. The third-order valence-electron chi connectivity index (χ3n) is 4.94. The molecule has 2 aromatic rings. The maximum absolute atomic E-state index is 12.6. The second kappa shape index (κ2) is 9.52. The number of hydrogen-bond acceptors (Lipinski definition) is 7. The molecule has 1 aromatic heterocycles. The maximum Gasteiger partial charge on any atom is 0.287 e. The lowest BCUT2D eigenvalue weighted by Crippen LogP contribution is -2.35. The molecule has 1 aliphatic carbocycles. The van der Waals surface area contributed by atoms with Gasteiger partial charge in [0.2, 0.25) is 0 Å². The molecule has 164 valence electrons. The summed E-state index contributed by atoms with van der Waals surface area (Å²) >= 11 is 0. The molecule has 1 atom stereocenters. The Kier molecular flexibility index (Phi) is 6.81. The average Bonchev–Trinajstić information content (AvgIpc) is 3.09. The highest BCUT2D eigenvalue weighted by Crippen LogP contribution is 2.30. The summed E-state index contributed by atoms with van der Waals surface area (Å²) in [6, 6.07) is 5.23. The van der Waals surface area contributed by atoms with E-state index >= 15 is 0 Å². The molecule has 3 rings (SSSR count). The Bertz CT molecular complexity index is 1040. The first kappa shape index (κ1) is 22.2. The summed E-state index contributed by atoms with van der Waals surface area (Å²) in [4.78, 5) is 35.4. The molecule has 0 aliphatic heterocycles. The van der Waals surface area contributed by atoms with E-state index in [1.165, 1.54) is 24.3 Å². The van der Waals surface area contributed by atoms with E-state index in [0.29, 0.717) is 36.5 Å². The van der Waals surface area contributed by atoms with Crippen LogP contribution in [0.25, 0.3) is 0 Å². The van der Waals surface area contributed by atoms with Gasteiger partial charge in [0.05, 0.1) is 17.2 Å². The zero-order valence-corrected chi connectivity index (χ0v) is 17.6. The Balaban J connectivity index is 1.81. The number of hydrogen-bond donors (Lipinski definition) is 2. The molecule has 1 aliphatic rings. The summed E-state index contributed by atoms with van der Waals surface area (Å²) in [5, 5.41) is 18.0. The summed E-state index contributed by atoms with van der Waals surface area (Å²) in [5.41, 5.74) is 4.38. The van der Waals surface area contributed by atoms with Gasteiger partial charge >= 0.3 is 0 Å². The van der Waals surface area contributed by atoms with E-state index in [1.54, 1.807) is 14.0 Å². The van der Waals surface area contributed by atoms with Crippen LogP contribution in [-0.2, 0) is 11.2 Å². The fourth-order valence-electron chi connectivity index (χ4n) is 3.52. The number of aryl methyl sites for hydroxylation is 1. The van der Waals surface area contributed by atoms with Crippen LogP contribution in [0, 0.1) is 17.0 Å². The Morgan fingerprint density at radius 3 is 2.81 bits per heavy atom. The van der Waals surface area contributed by atoms with Gasteiger partial charge in [-0.3, -0.25) is 19.7 Å². The molecule has 10 nitrogen and oxygen atoms in total. The first-order valence-electron chi connectivity index (χ1n) is 9.85. The predicted octanol–water partition coefficient (Wildman–Crippen LogP) is 2.73. The Morgan fingerprint density at radius 2 is 2.10 bits per heavy atom. The first-order valence-corrected chi connectivity index (χ1v) is 9.85. The molecule has 2 amide bonds. The summed E-state index contributed by atoms with van der Waals surface area (Å²) in [5.74, 6) is -0.0311. The minimum atomic E-state index is -0.564. The largest absolute Gasteiger partial charge is 0.455 e. The molecule has 0 spiro atoms. The Morgan fingerprint density at radius 1 is 1.32 bits per heavy atom. The molecule has 0 saturated heterocycles. The zero-order valence-electron chi connectivity index (χ0n) is 17.6. The van der Waals surface area contributed by atoms with Gasteiger partial charge in [-0.1, -0.05) is 6.07 Å². The van der Waals surface area contributed by atoms with Crippen molar-refractivity contribution in [2.45, 2.75) is 39.2 Å². The van der Waals surface area contributed by atoms with Crippen molar-refractivity contribution in [1.82, 2.24) is 10.7 Å². The second-order valence-electron chi connectivity index (χ2n) is 7.34. The molecular formula is C21H24N4O6. The Hall–Kier alpha value is -3.53. The van der Waals surface area contributed by atoms with E-state index in [1.807, 2.05) is 6.92 Å². The fraction of sp³-hybridized carbons (Fsp3) is 0.381. The molecule has 0 fully saturated rings. The SMILES string of the molecule is COCC(C)NC(=O)c1oc2c(c1C)/C(=N/NC(=O)c1cccc([N+](=O)[O-])c1)CCC2. The van der Waals surface area contributed by atoms with Crippen LogP contribution in [0.15, 0.2) is 33.8 Å². The number of furan rings is 1. The van der Waals surface area contributed by atoms with Crippen LogP contribution in [-0.4, -0.2) is 42.2 Å². The molecule has 1 heterocycles. The third kappa shape index (κ3) is 4.97. The molecule has 0 bridgehead atoms. The number of nitro groups is 1. The lowest BCUT2D eigenvalue weighted by molar-refractivity contribution is -0.384. The van der Waals surface area contributed by atoms with Crippen LogP contribution in [0.1, 0.15) is 57.6 Å². The number of amides is 2. The normalized spacial score (nSPS) is 15.3. The highest BCUT2D eigenvalue weighted by atomic mass is 16.6. The molecule has 10 heteroatoms. The number of rotatable bonds is 7. The lowest BCUT2D eigenvalue weighted by Gasteiger charge is -2.13. The van der Waals surface area contributed by atoms with Crippen molar-refractivity contribution in [2.24, 2.45) is 5.10 Å². The number of fused-ring (bicyclic) bond motifs is 1. The number of nitro benzene ring substituents is 1. The van der Waals surface area contributed by atoms with Gasteiger partial charge < -0.3 is 14.5 Å². The van der Waals surface area contributed by atoms with Gasteiger partial charge in [-0.25, -0.2) is 5.43 Å². The van der Waals surface area contributed by atoms with E-state index in [-0.39, 0.29) is 29.0 Å². The van der Waals surface area contributed by atoms with Crippen molar-refractivity contribution in [3.63, 3.8) is 0 Å². The summed E-state index contributed by atoms with van der Waals surface area (Å²) in [6.07, 6.45) is 2.02. The molecule has 0 radical (unpaired) electrons. The third-order valence-corrected chi connectivity index (χ3v) is 4.94. The minimum Gasteiger partial charge on any atom is -0.455 e. The number of carbonyl (C=O) groups excluding carboxylic acids is 2. The van der Waals surface area contributed by atoms with Crippen LogP contribution < -0.4 is 10.7 Å². The van der Waals surface area contributed by atoms with Crippen molar-refractivity contribution in [1.29, 1.82) is 0 Å². The number of carbonyl (C=O) groups is 2. The van der Waals surface area contributed by atoms with Crippen LogP contribution in [0.3, 0.4) is 0 Å². The lowest BCUT2D eigenvalue weighted by atomic mass is 9.93. The smallest absolute Gasteiger partial charge is 0.287 e. The highest BCUT2D eigenvalue weighted by Gasteiger charge is 2.28. The maximum atomic E-state index is 12.6. The van der Waals surface area contributed by atoms with Gasteiger partial charge in [0.1, 0.15) is 5.76 Å². The van der Waals surface area contributed by atoms with Gasteiger partial charge in [0, 0.05) is 48.4 Å². The van der Waals surface area contributed by atoms with E-state index in [2.05, 4.69) is 15.8 Å². The van der Waals surface area contributed by atoms with Crippen molar-refractivity contribution in [3.05, 3.63) is 62.6 Å². The number of nitrogens with zero attached hydrogens (tertiary/aromatic N) is 2. The van der Waals surface area contributed by atoms with Crippen LogP contribution in [0.2, 0.25) is 0 Å². The molecule has 31 heavy (non-hydrogen) atoms. The summed E-state index contributed by atoms with van der Waals surface area (Å²) in [6.45, 7) is 3.99. The number of ether oxygens (including phenoxy) is 1. The topological polar surface area (TPSA) is 136 Å². The van der Waals surface area contributed by atoms with Gasteiger partial charge in [0.15, 0.2) is 5.76 Å². The monoisotopic (exact) mass is 428 g/mol. The number of methoxy groups -OCH3 is 1. The summed E-state index contributed by atoms with van der Waals surface area (Å²) in [7, 11) is 1.56. The van der Waals surface area contributed by atoms with Gasteiger partial charge in [-0.2, -0.15) is 5.10 Å². The Labute approximate surface area is 178 Å². The molecular weight excluding hydrogens is 404 g/mol. The standard InChI is InChI=1S/C21H24N4O6/c1-12(11-30-3)22-21(27)19-13(2)18-16(8-5-9-17(18)31-19)23-24-20(26)14-6-4-7-15(10-14)25(28)29/h4,6-7,10,12H,5,8-9,11H2,1-3H3,(H,22,27)(H,24,26)/b23-16+. The van der Waals surface area contributed by atoms with E-state index in [4.69, 9.17) is 9.15 Å². The minimum absolute atomic E-state index is 0.130. The quantitative estimate of drug-likeness (QED) is 0.514. The van der Waals surface area contributed by atoms with Gasteiger partial charge in [-0.05, 0) is 32.8 Å². The molecule has 0 saturated carbocycles. The van der Waals surface area contributed by atoms with Gasteiger partial charge in [0.25, 0.3) is 17.5 Å². The van der Waals surface area contributed by atoms with Crippen LogP contribution >= 0.6 is 0 Å². The summed E-state index contributed by atoms with van der Waals surface area (Å²) < 4.78 is 10.9.